The molecule has 1 heterocycles. The maximum Gasteiger partial charge on any atom is 0.339 e. The highest BCUT2D eigenvalue weighted by Crippen LogP contribution is 2.24. The normalized spacial score (nSPS) is 11.1. The Hall–Kier alpha value is -2.89. The average molecular weight is 413 g/mol. The van der Waals surface area contributed by atoms with Crippen LogP contribution in [0.5, 0.6) is 5.75 Å². The number of halogens is 1. The van der Waals surface area contributed by atoms with Gasteiger partial charge >= 0.3 is 5.97 Å². The summed E-state index contributed by atoms with van der Waals surface area (Å²) in [6.45, 7) is -0.349. The van der Waals surface area contributed by atoms with Crippen LogP contribution in [-0.2, 0) is 9.53 Å². The molecular weight excluding hydrogens is 396 g/mol. The van der Waals surface area contributed by atoms with Gasteiger partial charge < -0.3 is 9.47 Å². The van der Waals surface area contributed by atoms with E-state index >= 15 is 0 Å². The Balaban J connectivity index is 1.83. The van der Waals surface area contributed by atoms with Gasteiger partial charge in [0, 0.05) is 0 Å². The first-order valence-corrected chi connectivity index (χ1v) is 9.63. The van der Waals surface area contributed by atoms with Gasteiger partial charge in [0.2, 0.25) is 5.78 Å². The summed E-state index contributed by atoms with van der Waals surface area (Å²) in [6.07, 6.45) is 1.71. The first kappa shape index (κ1) is 19.9. The molecule has 28 heavy (non-hydrogen) atoms. The monoisotopic (exact) mass is 412 g/mol. The van der Waals surface area contributed by atoms with Gasteiger partial charge in [-0.2, -0.15) is 0 Å². The summed E-state index contributed by atoms with van der Waals surface area (Å²) in [6, 6.07) is 19.7. The smallest absolute Gasteiger partial charge is 0.339 e. The van der Waals surface area contributed by atoms with Crippen molar-refractivity contribution < 1.29 is 19.1 Å². The Bertz CT molecular complexity index is 1010. The zero-order valence-electron chi connectivity index (χ0n) is 15.1. The van der Waals surface area contributed by atoms with Crippen molar-refractivity contribution in [1.29, 1.82) is 0 Å². The molecule has 0 amide bonds. The van der Waals surface area contributed by atoms with E-state index in [1.54, 1.807) is 25.3 Å². The standard InChI is InChI=1S/C22H17ClO4S/c1-26-17-9-5-6-15(12-17)13-18(16-7-3-2-4-8-16)22(25)27-14-19(24)20-10-11-21(23)28-20/h2-13H,14H2,1H3. The number of methoxy groups -OCH3 is 1. The summed E-state index contributed by atoms with van der Waals surface area (Å²) in [5.41, 5.74) is 1.83. The molecule has 1 aromatic heterocycles. The predicted molar refractivity (Wildman–Crippen MR) is 112 cm³/mol. The van der Waals surface area contributed by atoms with Crippen molar-refractivity contribution in [3.8, 4) is 5.75 Å². The Morgan fingerprint density at radius 1 is 1.04 bits per heavy atom. The van der Waals surface area contributed by atoms with E-state index in [1.807, 2.05) is 54.6 Å². The third kappa shape index (κ3) is 5.09. The van der Waals surface area contributed by atoms with Gasteiger partial charge in [-0.25, -0.2) is 4.79 Å². The fraction of sp³-hybridized carbons (Fsp3) is 0.0909. The van der Waals surface area contributed by atoms with Crippen molar-refractivity contribution in [2.45, 2.75) is 0 Å². The molecule has 142 valence electrons. The number of hydrogen-bond acceptors (Lipinski definition) is 5. The van der Waals surface area contributed by atoms with Gasteiger partial charge in [-0.1, -0.05) is 54.1 Å². The SMILES string of the molecule is COc1cccc(C=C(C(=O)OCC(=O)c2ccc(Cl)s2)c2ccccc2)c1. The minimum Gasteiger partial charge on any atom is -0.497 e. The predicted octanol–water partition coefficient (Wildman–Crippen LogP) is 5.38. The van der Waals surface area contributed by atoms with Crippen molar-refractivity contribution >= 4 is 46.3 Å². The second kappa shape index (κ2) is 9.35. The fourth-order valence-corrected chi connectivity index (χ4v) is 3.49. The third-order valence-corrected chi connectivity index (χ3v) is 5.16. The number of esters is 1. The molecule has 0 N–H and O–H groups in total. The van der Waals surface area contributed by atoms with Crippen LogP contribution in [0.1, 0.15) is 20.8 Å². The number of rotatable bonds is 7. The van der Waals surface area contributed by atoms with E-state index < -0.39 is 5.97 Å². The molecule has 0 aliphatic rings. The largest absolute Gasteiger partial charge is 0.497 e. The van der Waals surface area contributed by atoms with Gasteiger partial charge in [-0.15, -0.1) is 11.3 Å². The molecule has 0 unspecified atom stereocenters. The van der Waals surface area contributed by atoms with Crippen LogP contribution in [0.15, 0.2) is 66.7 Å². The molecular formula is C22H17ClO4S. The maximum atomic E-state index is 12.7. The molecule has 0 aliphatic carbocycles. The highest BCUT2D eigenvalue weighted by Gasteiger charge is 2.17. The number of ether oxygens (including phenoxy) is 2. The van der Waals surface area contributed by atoms with Gasteiger partial charge in [0.25, 0.3) is 0 Å². The zero-order valence-corrected chi connectivity index (χ0v) is 16.6. The molecule has 3 rings (SSSR count). The quantitative estimate of drug-likeness (QED) is 0.226. The van der Waals surface area contributed by atoms with Crippen LogP contribution < -0.4 is 4.74 Å². The summed E-state index contributed by atoms with van der Waals surface area (Å²) in [7, 11) is 1.58. The highest BCUT2D eigenvalue weighted by molar-refractivity contribution is 7.18. The van der Waals surface area contributed by atoms with Crippen LogP contribution in [-0.4, -0.2) is 25.5 Å². The molecule has 0 aliphatic heterocycles. The van der Waals surface area contributed by atoms with Gasteiger partial charge in [-0.3, -0.25) is 4.79 Å². The van der Waals surface area contributed by atoms with Crippen molar-refractivity contribution in [2.75, 3.05) is 13.7 Å². The third-order valence-electron chi connectivity index (χ3n) is 3.89. The summed E-state index contributed by atoms with van der Waals surface area (Å²) in [5, 5.41) is 0. The Kier molecular flexibility index (Phi) is 6.63. The molecule has 0 saturated heterocycles. The van der Waals surface area contributed by atoms with E-state index in [-0.39, 0.29) is 12.4 Å². The number of carbonyl (C=O) groups excluding carboxylic acids is 2. The van der Waals surface area contributed by atoms with Gasteiger partial charge in [0.1, 0.15) is 5.75 Å². The zero-order chi connectivity index (χ0) is 19.9. The minimum absolute atomic E-state index is 0.293. The van der Waals surface area contributed by atoms with Crippen LogP contribution in [0, 0.1) is 0 Å². The lowest BCUT2D eigenvalue weighted by Crippen LogP contribution is -2.14. The lowest BCUT2D eigenvalue weighted by atomic mass is 10.0. The molecule has 0 fully saturated rings. The van der Waals surface area contributed by atoms with E-state index in [9.17, 15) is 9.59 Å². The summed E-state index contributed by atoms with van der Waals surface area (Å²) in [4.78, 5) is 25.4. The van der Waals surface area contributed by atoms with Crippen LogP contribution in [0.25, 0.3) is 11.6 Å². The Labute approximate surface area is 172 Å². The molecule has 6 heteroatoms. The molecule has 3 aromatic rings. The number of hydrogen-bond donors (Lipinski definition) is 0. The van der Waals surface area contributed by atoms with Gasteiger partial charge in [0.15, 0.2) is 6.61 Å². The number of ketones is 1. The molecule has 0 radical (unpaired) electrons. The van der Waals surface area contributed by atoms with Crippen LogP contribution in [0.4, 0.5) is 0 Å². The summed E-state index contributed by atoms with van der Waals surface area (Å²) < 4.78 is 11.0. The van der Waals surface area contributed by atoms with Crippen molar-refractivity contribution in [3.63, 3.8) is 0 Å². The maximum absolute atomic E-state index is 12.7. The Morgan fingerprint density at radius 3 is 2.50 bits per heavy atom. The molecule has 2 aromatic carbocycles. The highest BCUT2D eigenvalue weighted by atomic mass is 35.5. The topological polar surface area (TPSA) is 52.6 Å². The van der Waals surface area contributed by atoms with E-state index in [4.69, 9.17) is 21.1 Å². The van der Waals surface area contributed by atoms with E-state index in [0.717, 1.165) is 16.9 Å². The second-order valence-corrected chi connectivity index (χ2v) is 7.52. The number of thiophene rings is 1. The number of carbonyl (C=O) groups is 2. The molecule has 4 nitrogen and oxygen atoms in total. The van der Waals surface area contributed by atoms with E-state index in [2.05, 4.69) is 0 Å². The molecule has 0 atom stereocenters. The summed E-state index contributed by atoms with van der Waals surface area (Å²) >= 11 is 7.01. The van der Waals surface area contributed by atoms with Gasteiger partial charge in [0.05, 0.1) is 21.9 Å². The molecule has 0 bridgehead atoms. The van der Waals surface area contributed by atoms with Crippen LogP contribution in [0.2, 0.25) is 4.34 Å². The second-order valence-electron chi connectivity index (χ2n) is 5.80. The molecule has 0 spiro atoms. The van der Waals surface area contributed by atoms with Crippen molar-refractivity contribution in [1.82, 2.24) is 0 Å². The average Bonchev–Trinajstić information content (AvgIpc) is 3.17. The summed E-state index contributed by atoms with van der Waals surface area (Å²) in [5.74, 6) is -0.191. The number of Topliss-reactive ketones (excluding diaryl/α,β-unsaturated/α-hetero) is 1. The van der Waals surface area contributed by atoms with E-state index in [0.29, 0.717) is 26.1 Å². The van der Waals surface area contributed by atoms with Crippen LogP contribution >= 0.6 is 22.9 Å². The van der Waals surface area contributed by atoms with Gasteiger partial charge in [-0.05, 0) is 41.5 Å². The first-order valence-electron chi connectivity index (χ1n) is 8.43. The lowest BCUT2D eigenvalue weighted by Gasteiger charge is -2.09. The van der Waals surface area contributed by atoms with Crippen LogP contribution in [0.3, 0.4) is 0 Å². The lowest BCUT2D eigenvalue weighted by molar-refractivity contribution is -0.135. The first-order chi connectivity index (χ1) is 13.6. The molecule has 0 saturated carbocycles. The fourth-order valence-electron chi connectivity index (χ4n) is 2.52. The van der Waals surface area contributed by atoms with Crippen molar-refractivity contribution in [2.24, 2.45) is 0 Å². The Morgan fingerprint density at radius 2 is 1.82 bits per heavy atom. The van der Waals surface area contributed by atoms with E-state index in [1.165, 1.54) is 0 Å². The number of benzene rings is 2. The van der Waals surface area contributed by atoms with Crippen molar-refractivity contribution in [3.05, 3.63) is 87.1 Å². The minimum atomic E-state index is -0.579.